The van der Waals surface area contributed by atoms with Crippen molar-refractivity contribution >= 4 is 11.6 Å². The SMILES string of the molecule is Nc1ccc(OCC(=O)NCC2(CO)CCCCC2)cc1. The third-order valence-electron chi connectivity index (χ3n) is 4.16. The summed E-state index contributed by atoms with van der Waals surface area (Å²) in [6.07, 6.45) is 5.41. The van der Waals surface area contributed by atoms with E-state index in [9.17, 15) is 9.90 Å². The molecule has 0 heterocycles. The number of rotatable bonds is 6. The van der Waals surface area contributed by atoms with E-state index in [0.717, 1.165) is 25.7 Å². The Hall–Kier alpha value is -1.75. The van der Waals surface area contributed by atoms with Crippen molar-refractivity contribution in [1.29, 1.82) is 0 Å². The second-order valence-electron chi connectivity index (χ2n) is 5.85. The Morgan fingerprint density at radius 1 is 1.24 bits per heavy atom. The number of hydrogen-bond donors (Lipinski definition) is 3. The van der Waals surface area contributed by atoms with Gasteiger partial charge in [-0.3, -0.25) is 4.79 Å². The van der Waals surface area contributed by atoms with Crippen molar-refractivity contribution in [3.63, 3.8) is 0 Å². The predicted octanol–water partition coefficient (Wildman–Crippen LogP) is 1.71. The molecule has 0 radical (unpaired) electrons. The third kappa shape index (κ3) is 4.63. The van der Waals surface area contributed by atoms with E-state index in [0.29, 0.717) is 18.0 Å². The molecule has 0 unspecified atom stereocenters. The highest BCUT2D eigenvalue weighted by Gasteiger charge is 2.31. The predicted molar refractivity (Wildman–Crippen MR) is 82.0 cm³/mol. The Labute approximate surface area is 125 Å². The molecule has 1 aliphatic rings. The quantitative estimate of drug-likeness (QED) is 0.697. The normalized spacial score (nSPS) is 17.2. The summed E-state index contributed by atoms with van der Waals surface area (Å²) < 4.78 is 5.40. The molecule has 1 amide bonds. The fourth-order valence-electron chi connectivity index (χ4n) is 2.74. The summed E-state index contributed by atoms with van der Waals surface area (Å²) >= 11 is 0. The van der Waals surface area contributed by atoms with Crippen LogP contribution in [0.2, 0.25) is 0 Å². The molecule has 1 aromatic carbocycles. The molecule has 4 N–H and O–H groups in total. The van der Waals surface area contributed by atoms with Crippen molar-refractivity contribution in [3.8, 4) is 5.75 Å². The number of hydrogen-bond acceptors (Lipinski definition) is 4. The molecule has 0 aliphatic heterocycles. The number of benzene rings is 1. The van der Waals surface area contributed by atoms with E-state index in [4.69, 9.17) is 10.5 Å². The lowest BCUT2D eigenvalue weighted by atomic mass is 9.74. The first-order valence-corrected chi connectivity index (χ1v) is 7.49. The summed E-state index contributed by atoms with van der Waals surface area (Å²) in [5.41, 5.74) is 6.10. The van der Waals surface area contributed by atoms with Crippen LogP contribution in [0.25, 0.3) is 0 Å². The summed E-state index contributed by atoms with van der Waals surface area (Å²) in [4.78, 5) is 11.8. The molecule has 116 valence electrons. The monoisotopic (exact) mass is 292 g/mol. The largest absolute Gasteiger partial charge is 0.484 e. The van der Waals surface area contributed by atoms with Gasteiger partial charge in [0.15, 0.2) is 6.61 Å². The van der Waals surface area contributed by atoms with Crippen LogP contribution in [0.3, 0.4) is 0 Å². The van der Waals surface area contributed by atoms with E-state index >= 15 is 0 Å². The van der Waals surface area contributed by atoms with Gasteiger partial charge >= 0.3 is 0 Å². The first-order chi connectivity index (χ1) is 10.1. The number of anilines is 1. The van der Waals surface area contributed by atoms with Crippen LogP contribution in [0.15, 0.2) is 24.3 Å². The molecule has 1 aromatic rings. The molecular formula is C16H24N2O3. The van der Waals surface area contributed by atoms with Crippen molar-refractivity contribution < 1.29 is 14.6 Å². The summed E-state index contributed by atoms with van der Waals surface area (Å²) in [6.45, 7) is 0.630. The lowest BCUT2D eigenvalue weighted by Gasteiger charge is -2.35. The number of amides is 1. The fraction of sp³-hybridized carbons (Fsp3) is 0.562. The lowest BCUT2D eigenvalue weighted by Crippen LogP contribution is -2.42. The van der Waals surface area contributed by atoms with E-state index in [1.165, 1.54) is 6.42 Å². The standard InChI is InChI=1S/C16H24N2O3/c17-13-4-6-14(7-5-13)21-10-15(20)18-11-16(12-19)8-2-1-3-9-16/h4-7,19H,1-3,8-12,17H2,(H,18,20). The zero-order valence-corrected chi connectivity index (χ0v) is 12.3. The molecule has 0 aromatic heterocycles. The minimum absolute atomic E-state index is 0.0224. The van der Waals surface area contributed by atoms with E-state index in [-0.39, 0.29) is 24.5 Å². The molecule has 0 saturated heterocycles. The zero-order valence-electron chi connectivity index (χ0n) is 12.3. The second kappa shape index (κ2) is 7.31. The molecule has 5 heteroatoms. The number of carbonyl (C=O) groups excluding carboxylic acids is 1. The number of ether oxygens (including phenoxy) is 1. The summed E-state index contributed by atoms with van der Waals surface area (Å²) in [5, 5.41) is 12.5. The van der Waals surface area contributed by atoms with E-state index in [1.54, 1.807) is 24.3 Å². The maximum absolute atomic E-state index is 11.8. The van der Waals surface area contributed by atoms with E-state index < -0.39 is 0 Å². The number of aliphatic hydroxyl groups is 1. The van der Waals surface area contributed by atoms with Crippen molar-refractivity contribution in [3.05, 3.63) is 24.3 Å². The molecule has 0 atom stereocenters. The van der Waals surface area contributed by atoms with Gasteiger partial charge in [0, 0.05) is 17.6 Å². The number of carbonyl (C=O) groups is 1. The van der Waals surface area contributed by atoms with Crippen LogP contribution >= 0.6 is 0 Å². The Morgan fingerprint density at radius 3 is 2.52 bits per heavy atom. The van der Waals surface area contributed by atoms with Gasteiger partial charge in [-0.05, 0) is 37.1 Å². The minimum atomic E-state index is -0.162. The van der Waals surface area contributed by atoms with E-state index in [1.807, 2.05) is 0 Å². The van der Waals surface area contributed by atoms with Gasteiger partial charge in [-0.2, -0.15) is 0 Å². The van der Waals surface area contributed by atoms with Gasteiger partial charge in [0.05, 0.1) is 6.61 Å². The van der Waals surface area contributed by atoms with E-state index in [2.05, 4.69) is 5.32 Å². The zero-order chi connectivity index (χ0) is 15.1. The highest BCUT2D eigenvalue weighted by molar-refractivity contribution is 5.77. The van der Waals surface area contributed by atoms with Crippen LogP contribution in [0, 0.1) is 5.41 Å². The van der Waals surface area contributed by atoms with Crippen molar-refractivity contribution in [1.82, 2.24) is 5.32 Å². The number of nitrogens with one attached hydrogen (secondary N) is 1. The highest BCUT2D eigenvalue weighted by atomic mass is 16.5. The molecule has 5 nitrogen and oxygen atoms in total. The topological polar surface area (TPSA) is 84.6 Å². The Balaban J connectivity index is 1.75. The Bertz CT molecular complexity index is 453. The van der Waals surface area contributed by atoms with Crippen LogP contribution in [0.1, 0.15) is 32.1 Å². The molecule has 21 heavy (non-hydrogen) atoms. The first-order valence-electron chi connectivity index (χ1n) is 7.49. The second-order valence-corrected chi connectivity index (χ2v) is 5.85. The molecular weight excluding hydrogens is 268 g/mol. The van der Waals surface area contributed by atoms with Crippen LogP contribution in [0.4, 0.5) is 5.69 Å². The van der Waals surface area contributed by atoms with Gasteiger partial charge in [0.2, 0.25) is 0 Å². The number of nitrogen functional groups attached to an aromatic ring is 1. The van der Waals surface area contributed by atoms with Crippen molar-refractivity contribution in [2.24, 2.45) is 5.41 Å². The van der Waals surface area contributed by atoms with Crippen LogP contribution in [-0.4, -0.2) is 30.8 Å². The maximum atomic E-state index is 11.8. The molecule has 0 bridgehead atoms. The van der Waals surface area contributed by atoms with Gasteiger partial charge in [-0.25, -0.2) is 0 Å². The third-order valence-corrected chi connectivity index (χ3v) is 4.16. The van der Waals surface area contributed by atoms with Crippen molar-refractivity contribution in [2.45, 2.75) is 32.1 Å². The summed E-state index contributed by atoms with van der Waals surface area (Å²) in [5.74, 6) is 0.458. The molecule has 2 rings (SSSR count). The lowest BCUT2D eigenvalue weighted by molar-refractivity contribution is -0.123. The Morgan fingerprint density at radius 2 is 1.90 bits per heavy atom. The van der Waals surface area contributed by atoms with Crippen molar-refractivity contribution in [2.75, 3.05) is 25.5 Å². The average Bonchev–Trinajstić information content (AvgIpc) is 2.53. The van der Waals surface area contributed by atoms with Crippen LogP contribution in [-0.2, 0) is 4.79 Å². The van der Waals surface area contributed by atoms with Gasteiger partial charge in [0.25, 0.3) is 5.91 Å². The van der Waals surface area contributed by atoms with Gasteiger partial charge in [-0.1, -0.05) is 19.3 Å². The number of aliphatic hydroxyl groups excluding tert-OH is 1. The highest BCUT2D eigenvalue weighted by Crippen LogP contribution is 2.35. The summed E-state index contributed by atoms with van der Waals surface area (Å²) in [7, 11) is 0. The average molecular weight is 292 g/mol. The molecule has 1 saturated carbocycles. The van der Waals surface area contributed by atoms with Gasteiger partial charge < -0.3 is 20.9 Å². The minimum Gasteiger partial charge on any atom is -0.484 e. The first kappa shape index (κ1) is 15.6. The smallest absolute Gasteiger partial charge is 0.257 e. The van der Waals surface area contributed by atoms with Gasteiger partial charge in [-0.15, -0.1) is 0 Å². The molecule has 1 aliphatic carbocycles. The maximum Gasteiger partial charge on any atom is 0.257 e. The molecule has 1 fully saturated rings. The molecule has 0 spiro atoms. The fourth-order valence-corrected chi connectivity index (χ4v) is 2.74. The Kier molecular flexibility index (Phi) is 5.44. The van der Waals surface area contributed by atoms with Gasteiger partial charge in [0.1, 0.15) is 5.75 Å². The summed E-state index contributed by atoms with van der Waals surface area (Å²) in [6, 6.07) is 6.93. The number of nitrogens with two attached hydrogens (primary N) is 1. The van der Waals surface area contributed by atoms with Crippen LogP contribution in [0.5, 0.6) is 5.75 Å². The van der Waals surface area contributed by atoms with Crippen LogP contribution < -0.4 is 15.8 Å².